The second-order valence-electron chi connectivity index (χ2n) is 4.24. The van der Waals surface area contributed by atoms with Crippen LogP contribution in [0.3, 0.4) is 0 Å². The summed E-state index contributed by atoms with van der Waals surface area (Å²) in [6, 6.07) is 12.4. The van der Waals surface area contributed by atoms with Crippen molar-refractivity contribution in [3.63, 3.8) is 0 Å². The molecule has 1 N–H and O–H groups in total. The molecule has 0 bridgehead atoms. The fourth-order valence-corrected chi connectivity index (χ4v) is 1.98. The minimum Gasteiger partial charge on any atom is -0.495 e. The summed E-state index contributed by atoms with van der Waals surface area (Å²) in [6.07, 6.45) is 0. The Morgan fingerprint density at radius 3 is 2.63 bits per heavy atom. The molecule has 0 aliphatic carbocycles. The van der Waals surface area contributed by atoms with E-state index in [0.717, 1.165) is 17.0 Å². The fraction of sp³-hybridized carbons (Fsp3) is 0.200. The summed E-state index contributed by atoms with van der Waals surface area (Å²) in [7, 11) is 1.62. The summed E-state index contributed by atoms with van der Waals surface area (Å²) in [4.78, 5) is 0. The molecule has 2 rings (SSSR count). The fourth-order valence-electron chi connectivity index (χ4n) is 1.86. The van der Waals surface area contributed by atoms with Gasteiger partial charge >= 0.3 is 0 Å². The highest BCUT2D eigenvalue weighted by Crippen LogP contribution is 2.28. The molecule has 2 nitrogen and oxygen atoms in total. The second-order valence-corrected chi connectivity index (χ2v) is 4.65. The lowest BCUT2D eigenvalue weighted by molar-refractivity contribution is 0.416. The van der Waals surface area contributed by atoms with Crippen molar-refractivity contribution in [2.45, 2.75) is 13.0 Å². The zero-order chi connectivity index (χ0) is 13.8. The Morgan fingerprint density at radius 2 is 1.95 bits per heavy atom. The van der Waals surface area contributed by atoms with E-state index in [2.05, 4.69) is 5.32 Å². The highest BCUT2D eigenvalue weighted by atomic mass is 35.5. The van der Waals surface area contributed by atoms with Crippen molar-refractivity contribution in [2.75, 3.05) is 12.4 Å². The Morgan fingerprint density at radius 1 is 1.21 bits per heavy atom. The summed E-state index contributed by atoms with van der Waals surface area (Å²) < 4.78 is 18.7. The second kappa shape index (κ2) is 5.93. The molecule has 1 atom stereocenters. The summed E-state index contributed by atoms with van der Waals surface area (Å²) >= 11 is 5.68. The lowest BCUT2D eigenvalue weighted by Gasteiger charge is -2.18. The summed E-state index contributed by atoms with van der Waals surface area (Å²) in [5.41, 5.74) is 1.70. The number of nitrogens with one attached hydrogen (secondary N) is 1. The maximum Gasteiger partial charge on any atom is 0.142 e. The Labute approximate surface area is 117 Å². The minimum atomic E-state index is -0.409. The number of halogens is 2. The predicted molar refractivity (Wildman–Crippen MR) is 76.4 cm³/mol. The molecule has 0 saturated carbocycles. The Balaban J connectivity index is 2.20. The van der Waals surface area contributed by atoms with Crippen LogP contribution in [0.5, 0.6) is 5.75 Å². The van der Waals surface area contributed by atoms with Crippen LogP contribution < -0.4 is 10.1 Å². The van der Waals surface area contributed by atoms with Crippen LogP contribution in [0.1, 0.15) is 18.5 Å². The average molecular weight is 280 g/mol. The number of hydrogen-bond acceptors (Lipinski definition) is 2. The first kappa shape index (κ1) is 13.7. The molecule has 1 unspecified atom stereocenters. The number of methoxy groups -OCH3 is 1. The Hall–Kier alpha value is -1.74. The van der Waals surface area contributed by atoms with E-state index in [0.29, 0.717) is 0 Å². The van der Waals surface area contributed by atoms with Gasteiger partial charge in [0.2, 0.25) is 0 Å². The van der Waals surface area contributed by atoms with E-state index in [4.69, 9.17) is 16.3 Å². The summed E-state index contributed by atoms with van der Waals surface area (Å²) in [6.45, 7) is 1.95. The van der Waals surface area contributed by atoms with Crippen LogP contribution in [0.15, 0.2) is 42.5 Å². The quantitative estimate of drug-likeness (QED) is 0.879. The van der Waals surface area contributed by atoms with Gasteiger partial charge in [-0.05, 0) is 36.8 Å². The average Bonchev–Trinajstić information content (AvgIpc) is 2.42. The first-order valence-corrected chi connectivity index (χ1v) is 6.34. The third-order valence-electron chi connectivity index (χ3n) is 2.92. The molecular formula is C15H15ClFNO. The zero-order valence-electron chi connectivity index (χ0n) is 10.8. The minimum absolute atomic E-state index is 0.0527. The summed E-state index contributed by atoms with van der Waals surface area (Å²) in [5.74, 6) is 0.344. The van der Waals surface area contributed by atoms with Gasteiger partial charge in [0.1, 0.15) is 11.6 Å². The smallest absolute Gasteiger partial charge is 0.142 e. The zero-order valence-corrected chi connectivity index (χ0v) is 11.5. The number of hydrogen-bond donors (Lipinski definition) is 1. The number of rotatable bonds is 4. The molecule has 2 aromatic rings. The van der Waals surface area contributed by atoms with E-state index >= 15 is 0 Å². The van der Waals surface area contributed by atoms with E-state index in [9.17, 15) is 4.39 Å². The van der Waals surface area contributed by atoms with Crippen molar-refractivity contribution in [1.29, 1.82) is 0 Å². The number of para-hydroxylation sites is 2. The summed E-state index contributed by atoms with van der Waals surface area (Å²) in [5, 5.41) is 3.42. The van der Waals surface area contributed by atoms with Gasteiger partial charge < -0.3 is 10.1 Å². The predicted octanol–water partition coefficient (Wildman–Crippen LogP) is 4.66. The van der Waals surface area contributed by atoms with Gasteiger partial charge in [-0.3, -0.25) is 0 Å². The molecule has 0 saturated heterocycles. The van der Waals surface area contributed by atoms with Gasteiger partial charge in [-0.1, -0.05) is 29.8 Å². The van der Waals surface area contributed by atoms with Gasteiger partial charge in [-0.2, -0.15) is 0 Å². The van der Waals surface area contributed by atoms with Crippen molar-refractivity contribution in [3.8, 4) is 5.75 Å². The molecular weight excluding hydrogens is 265 g/mol. The maximum atomic E-state index is 13.4. The van der Waals surface area contributed by atoms with Crippen LogP contribution in [0, 0.1) is 5.82 Å². The molecule has 0 radical (unpaired) electrons. The van der Waals surface area contributed by atoms with Gasteiger partial charge in [0.25, 0.3) is 0 Å². The lowest BCUT2D eigenvalue weighted by Crippen LogP contribution is -2.08. The lowest BCUT2D eigenvalue weighted by atomic mass is 10.1. The monoisotopic (exact) mass is 279 g/mol. The van der Waals surface area contributed by atoms with E-state index in [1.54, 1.807) is 19.2 Å². The van der Waals surface area contributed by atoms with Crippen LogP contribution in [-0.4, -0.2) is 7.11 Å². The molecule has 0 amide bonds. The van der Waals surface area contributed by atoms with Crippen LogP contribution >= 0.6 is 11.6 Å². The normalized spacial score (nSPS) is 12.0. The molecule has 0 aliphatic rings. The van der Waals surface area contributed by atoms with E-state index < -0.39 is 5.82 Å². The first-order chi connectivity index (χ1) is 9.11. The van der Waals surface area contributed by atoms with Gasteiger partial charge in [-0.25, -0.2) is 4.39 Å². The molecule has 19 heavy (non-hydrogen) atoms. The molecule has 0 fully saturated rings. The van der Waals surface area contributed by atoms with Crippen molar-refractivity contribution >= 4 is 17.3 Å². The molecule has 4 heteroatoms. The van der Waals surface area contributed by atoms with Gasteiger partial charge in [0.05, 0.1) is 17.8 Å². The Kier molecular flexibility index (Phi) is 4.27. The van der Waals surface area contributed by atoms with Crippen LogP contribution in [0.4, 0.5) is 10.1 Å². The number of ether oxygens (including phenoxy) is 1. The van der Waals surface area contributed by atoms with Crippen molar-refractivity contribution in [2.24, 2.45) is 0 Å². The van der Waals surface area contributed by atoms with Crippen LogP contribution in [0.2, 0.25) is 5.02 Å². The molecule has 0 heterocycles. The molecule has 0 spiro atoms. The SMILES string of the molecule is COc1ccccc1NC(C)c1ccc(Cl)c(F)c1. The number of anilines is 1. The molecule has 0 aromatic heterocycles. The van der Waals surface area contributed by atoms with Crippen LogP contribution in [0.25, 0.3) is 0 Å². The van der Waals surface area contributed by atoms with Crippen LogP contribution in [-0.2, 0) is 0 Å². The topological polar surface area (TPSA) is 21.3 Å². The standard InChI is InChI=1S/C15H15ClFNO/c1-10(11-7-8-12(16)13(17)9-11)18-14-5-3-4-6-15(14)19-2/h3-10,18H,1-2H3. The number of benzene rings is 2. The molecule has 0 aliphatic heterocycles. The van der Waals surface area contributed by atoms with E-state index in [1.165, 1.54) is 6.07 Å². The van der Waals surface area contributed by atoms with Crippen molar-refractivity contribution < 1.29 is 9.13 Å². The van der Waals surface area contributed by atoms with Crippen molar-refractivity contribution in [1.82, 2.24) is 0 Å². The van der Waals surface area contributed by atoms with Gasteiger partial charge in [-0.15, -0.1) is 0 Å². The largest absolute Gasteiger partial charge is 0.495 e. The van der Waals surface area contributed by atoms with E-state index in [-0.39, 0.29) is 11.1 Å². The third kappa shape index (κ3) is 3.18. The van der Waals surface area contributed by atoms with Gasteiger partial charge in [0, 0.05) is 6.04 Å². The highest BCUT2D eigenvalue weighted by Gasteiger charge is 2.10. The first-order valence-electron chi connectivity index (χ1n) is 5.96. The highest BCUT2D eigenvalue weighted by molar-refractivity contribution is 6.30. The van der Waals surface area contributed by atoms with E-state index in [1.807, 2.05) is 31.2 Å². The third-order valence-corrected chi connectivity index (χ3v) is 3.23. The molecule has 2 aromatic carbocycles. The Bertz CT molecular complexity index is 574. The van der Waals surface area contributed by atoms with Gasteiger partial charge in [0.15, 0.2) is 0 Å². The molecule has 100 valence electrons. The van der Waals surface area contributed by atoms with Crippen molar-refractivity contribution in [3.05, 3.63) is 58.9 Å². The maximum absolute atomic E-state index is 13.4.